The van der Waals surface area contributed by atoms with Gasteiger partial charge in [0, 0.05) is 4.83 Å². The fourth-order valence-corrected chi connectivity index (χ4v) is 2.13. The highest BCUT2D eigenvalue weighted by Gasteiger charge is 2.06. The summed E-state index contributed by atoms with van der Waals surface area (Å²) < 4.78 is 0. The molecule has 1 unspecified atom stereocenters. The van der Waals surface area contributed by atoms with E-state index in [1.54, 1.807) is 0 Å². The lowest BCUT2D eigenvalue weighted by molar-refractivity contribution is 0.495. The minimum atomic E-state index is 0.757. The van der Waals surface area contributed by atoms with E-state index < -0.39 is 0 Å². The molecule has 0 aromatic carbocycles. The van der Waals surface area contributed by atoms with E-state index in [0.717, 1.165) is 10.7 Å². The SMILES string of the molecule is CCCC(Br)C[C@@H](C)CC. The summed E-state index contributed by atoms with van der Waals surface area (Å²) in [6, 6.07) is 0. The normalized spacial score (nSPS) is 16.8. The molecule has 1 heteroatoms. The van der Waals surface area contributed by atoms with Crippen molar-refractivity contribution in [2.45, 2.75) is 51.3 Å². The number of hydrogen-bond acceptors (Lipinski definition) is 0. The molecule has 0 radical (unpaired) electrons. The Morgan fingerprint density at radius 2 is 1.90 bits per heavy atom. The molecule has 2 atom stereocenters. The summed E-state index contributed by atoms with van der Waals surface area (Å²) in [6.45, 7) is 6.82. The van der Waals surface area contributed by atoms with Crippen molar-refractivity contribution in [3.8, 4) is 0 Å². The van der Waals surface area contributed by atoms with Crippen LogP contribution < -0.4 is 0 Å². The van der Waals surface area contributed by atoms with Gasteiger partial charge in [-0.1, -0.05) is 49.5 Å². The van der Waals surface area contributed by atoms with Gasteiger partial charge in [-0.05, 0) is 18.8 Å². The van der Waals surface area contributed by atoms with Gasteiger partial charge in [0.1, 0.15) is 0 Å². The molecule has 0 aliphatic heterocycles. The summed E-state index contributed by atoms with van der Waals surface area (Å²) in [6.07, 6.45) is 5.27. The fourth-order valence-electron chi connectivity index (χ4n) is 1.03. The van der Waals surface area contributed by atoms with Crippen molar-refractivity contribution < 1.29 is 0 Å². The summed E-state index contributed by atoms with van der Waals surface area (Å²) in [7, 11) is 0. The summed E-state index contributed by atoms with van der Waals surface area (Å²) in [5.74, 6) is 0.885. The van der Waals surface area contributed by atoms with Gasteiger partial charge >= 0.3 is 0 Å². The Morgan fingerprint density at radius 3 is 2.30 bits per heavy atom. The molecule has 0 aromatic rings. The zero-order chi connectivity index (χ0) is 7.98. The largest absolute Gasteiger partial charge is 0.0891 e. The van der Waals surface area contributed by atoms with E-state index in [4.69, 9.17) is 0 Å². The molecule has 0 amide bonds. The first-order valence-corrected chi connectivity index (χ1v) is 5.26. The van der Waals surface area contributed by atoms with E-state index in [9.17, 15) is 0 Å². The van der Waals surface area contributed by atoms with Crippen molar-refractivity contribution >= 4 is 15.9 Å². The number of rotatable bonds is 5. The van der Waals surface area contributed by atoms with Crippen molar-refractivity contribution in [1.29, 1.82) is 0 Å². The molecule has 0 heterocycles. The van der Waals surface area contributed by atoms with Gasteiger partial charge in [0.05, 0.1) is 0 Å². The van der Waals surface area contributed by atoms with Gasteiger partial charge in [-0.15, -0.1) is 0 Å². The molecule has 0 N–H and O–H groups in total. The summed E-state index contributed by atoms with van der Waals surface area (Å²) >= 11 is 3.68. The van der Waals surface area contributed by atoms with Gasteiger partial charge in [0.15, 0.2) is 0 Å². The van der Waals surface area contributed by atoms with Gasteiger partial charge < -0.3 is 0 Å². The monoisotopic (exact) mass is 206 g/mol. The average molecular weight is 207 g/mol. The van der Waals surface area contributed by atoms with Crippen LogP contribution in [0.2, 0.25) is 0 Å². The second-order valence-electron chi connectivity index (χ2n) is 3.14. The van der Waals surface area contributed by atoms with E-state index in [2.05, 4.69) is 36.7 Å². The van der Waals surface area contributed by atoms with Crippen LogP contribution >= 0.6 is 15.9 Å². The topological polar surface area (TPSA) is 0 Å². The maximum absolute atomic E-state index is 3.68. The molecule has 0 bridgehead atoms. The van der Waals surface area contributed by atoms with E-state index in [0.29, 0.717) is 0 Å². The smallest absolute Gasteiger partial charge is 0.0148 e. The number of hydrogen-bond donors (Lipinski definition) is 0. The van der Waals surface area contributed by atoms with Crippen LogP contribution in [0.4, 0.5) is 0 Å². The lowest BCUT2D eigenvalue weighted by atomic mass is 10.0. The van der Waals surface area contributed by atoms with Crippen LogP contribution in [-0.4, -0.2) is 4.83 Å². The predicted molar refractivity (Wildman–Crippen MR) is 51.7 cm³/mol. The summed E-state index contributed by atoms with van der Waals surface area (Å²) in [5, 5.41) is 0. The van der Waals surface area contributed by atoms with Crippen molar-refractivity contribution in [1.82, 2.24) is 0 Å². The van der Waals surface area contributed by atoms with E-state index in [-0.39, 0.29) is 0 Å². The van der Waals surface area contributed by atoms with Crippen LogP contribution in [-0.2, 0) is 0 Å². The maximum Gasteiger partial charge on any atom is 0.0148 e. The quantitative estimate of drug-likeness (QED) is 0.598. The van der Waals surface area contributed by atoms with Gasteiger partial charge in [-0.2, -0.15) is 0 Å². The first-order chi connectivity index (χ1) is 4.70. The molecule has 0 aromatic heterocycles. The van der Waals surface area contributed by atoms with Gasteiger partial charge in [0.25, 0.3) is 0 Å². The molecule has 0 aliphatic carbocycles. The van der Waals surface area contributed by atoms with Crippen LogP contribution in [0.25, 0.3) is 0 Å². The molecular weight excluding hydrogens is 188 g/mol. The minimum absolute atomic E-state index is 0.757. The van der Waals surface area contributed by atoms with Crippen LogP contribution in [0.5, 0.6) is 0 Å². The Balaban J connectivity index is 3.27. The molecule has 0 fully saturated rings. The van der Waals surface area contributed by atoms with Crippen LogP contribution in [0.1, 0.15) is 46.5 Å². The van der Waals surface area contributed by atoms with Crippen LogP contribution in [0.3, 0.4) is 0 Å². The Hall–Kier alpha value is 0.480. The third-order valence-corrected chi connectivity index (χ3v) is 2.79. The molecule has 0 saturated carbocycles. The Kier molecular flexibility index (Phi) is 6.50. The van der Waals surface area contributed by atoms with Crippen molar-refractivity contribution in [3.63, 3.8) is 0 Å². The zero-order valence-corrected chi connectivity index (χ0v) is 8.95. The zero-order valence-electron chi connectivity index (χ0n) is 7.36. The number of halogens is 1. The Labute approximate surface area is 73.5 Å². The summed E-state index contributed by atoms with van der Waals surface area (Å²) in [5.41, 5.74) is 0. The van der Waals surface area contributed by atoms with Crippen LogP contribution in [0, 0.1) is 5.92 Å². The molecule has 0 nitrogen and oxygen atoms in total. The van der Waals surface area contributed by atoms with Crippen molar-refractivity contribution in [2.75, 3.05) is 0 Å². The fraction of sp³-hybridized carbons (Fsp3) is 1.00. The second-order valence-corrected chi connectivity index (χ2v) is 4.43. The maximum atomic E-state index is 3.68. The minimum Gasteiger partial charge on any atom is -0.0891 e. The third-order valence-electron chi connectivity index (χ3n) is 1.96. The van der Waals surface area contributed by atoms with E-state index in [1.807, 2.05) is 0 Å². The van der Waals surface area contributed by atoms with E-state index in [1.165, 1.54) is 25.7 Å². The molecule has 62 valence electrons. The Bertz CT molecular complexity index is 71.1. The molecule has 0 saturated heterocycles. The van der Waals surface area contributed by atoms with Gasteiger partial charge in [0.2, 0.25) is 0 Å². The van der Waals surface area contributed by atoms with Crippen molar-refractivity contribution in [3.05, 3.63) is 0 Å². The standard InChI is InChI=1S/C9H19Br/c1-4-6-9(10)7-8(3)5-2/h8-9H,4-7H2,1-3H3/t8-,9?/m0/s1. The summed E-state index contributed by atoms with van der Waals surface area (Å²) in [4.78, 5) is 0.757. The first-order valence-electron chi connectivity index (χ1n) is 4.34. The molecule has 0 aliphatic rings. The molecule has 0 rings (SSSR count). The molecule has 10 heavy (non-hydrogen) atoms. The van der Waals surface area contributed by atoms with E-state index >= 15 is 0 Å². The third kappa shape index (κ3) is 5.28. The predicted octanol–water partition coefficient (Wildman–Crippen LogP) is 3.99. The van der Waals surface area contributed by atoms with Gasteiger partial charge in [-0.25, -0.2) is 0 Å². The van der Waals surface area contributed by atoms with Crippen LogP contribution in [0.15, 0.2) is 0 Å². The second kappa shape index (κ2) is 6.21. The highest BCUT2D eigenvalue weighted by Crippen LogP contribution is 2.19. The Morgan fingerprint density at radius 1 is 1.30 bits per heavy atom. The highest BCUT2D eigenvalue weighted by atomic mass is 79.9. The number of alkyl halides is 1. The lowest BCUT2D eigenvalue weighted by Crippen LogP contribution is -2.03. The highest BCUT2D eigenvalue weighted by molar-refractivity contribution is 9.09. The molecular formula is C9H19Br. The van der Waals surface area contributed by atoms with Crippen molar-refractivity contribution in [2.24, 2.45) is 5.92 Å². The first kappa shape index (κ1) is 10.5. The molecule has 0 spiro atoms. The average Bonchev–Trinajstić information content (AvgIpc) is 1.88. The lowest BCUT2D eigenvalue weighted by Gasteiger charge is -2.12. The van der Waals surface area contributed by atoms with Gasteiger partial charge in [-0.3, -0.25) is 0 Å².